The van der Waals surface area contributed by atoms with Crippen LogP contribution in [0.15, 0.2) is 0 Å². The van der Waals surface area contributed by atoms with Crippen LogP contribution in [0.5, 0.6) is 0 Å². The molecule has 2 fully saturated rings. The molecule has 0 aromatic heterocycles. The summed E-state index contributed by atoms with van der Waals surface area (Å²) in [5, 5.41) is 13.7. The first-order valence-electron chi connectivity index (χ1n) is 5.71. The zero-order valence-corrected chi connectivity index (χ0v) is 15.8. The van der Waals surface area contributed by atoms with E-state index in [1.54, 1.807) is 0 Å². The standard InChI is InChI=1S/C11H19NO2.Cs/c13-11(14)10-6-9(7-12-10)8-4-2-1-3-5-8;/h8-10,12H,1-7H2,(H,13,14);/q;+1/p-1/t9-,10+;/m1./s1. The quantitative estimate of drug-likeness (QED) is 0.600. The minimum atomic E-state index is -0.927. The molecule has 1 aliphatic heterocycles. The zero-order valence-electron chi connectivity index (χ0n) is 9.50. The molecule has 1 N–H and O–H groups in total. The molecule has 0 radical (unpaired) electrons. The first-order chi connectivity index (χ1) is 6.77. The minimum Gasteiger partial charge on any atom is -0.548 e. The SMILES string of the molecule is O=C([O-])[C@@H]1C[C@@H](C2CCCCC2)CN1.[Cs+]. The molecule has 4 heteroatoms. The van der Waals surface area contributed by atoms with Crippen molar-refractivity contribution in [3.05, 3.63) is 0 Å². The van der Waals surface area contributed by atoms with Gasteiger partial charge in [-0.3, -0.25) is 0 Å². The summed E-state index contributed by atoms with van der Waals surface area (Å²) in [5.74, 6) is 0.419. The summed E-state index contributed by atoms with van der Waals surface area (Å²) >= 11 is 0. The van der Waals surface area contributed by atoms with E-state index >= 15 is 0 Å². The van der Waals surface area contributed by atoms with E-state index in [0.29, 0.717) is 5.92 Å². The monoisotopic (exact) mass is 329 g/mol. The second-order valence-corrected chi connectivity index (χ2v) is 4.67. The van der Waals surface area contributed by atoms with Crippen molar-refractivity contribution >= 4 is 5.97 Å². The third-order valence-corrected chi connectivity index (χ3v) is 3.77. The van der Waals surface area contributed by atoms with Crippen molar-refractivity contribution in [3.8, 4) is 0 Å². The fraction of sp³-hybridized carbons (Fsp3) is 0.909. The van der Waals surface area contributed by atoms with Gasteiger partial charge in [0.25, 0.3) is 0 Å². The molecule has 0 aromatic rings. The molecule has 0 bridgehead atoms. The average Bonchev–Trinajstić information content (AvgIpc) is 2.68. The van der Waals surface area contributed by atoms with Crippen molar-refractivity contribution in [3.63, 3.8) is 0 Å². The Kier molecular flexibility index (Phi) is 6.82. The Balaban J connectivity index is 0.00000112. The number of nitrogens with one attached hydrogen (secondary N) is 1. The summed E-state index contributed by atoms with van der Waals surface area (Å²) in [4.78, 5) is 10.7. The third kappa shape index (κ3) is 4.01. The van der Waals surface area contributed by atoms with Crippen LogP contribution < -0.4 is 79.3 Å². The van der Waals surface area contributed by atoms with Gasteiger partial charge in [-0.15, -0.1) is 0 Å². The molecule has 1 saturated carbocycles. The second-order valence-electron chi connectivity index (χ2n) is 4.67. The fourth-order valence-electron chi connectivity index (χ4n) is 2.91. The Morgan fingerprint density at radius 1 is 1.13 bits per heavy atom. The second kappa shape index (κ2) is 7.04. The molecule has 1 saturated heterocycles. The van der Waals surface area contributed by atoms with E-state index in [9.17, 15) is 9.90 Å². The Morgan fingerprint density at radius 3 is 2.33 bits per heavy atom. The molecule has 0 aromatic carbocycles. The number of hydrogen-bond donors (Lipinski definition) is 1. The predicted octanol–water partition coefficient (Wildman–Crippen LogP) is -2.70. The third-order valence-electron chi connectivity index (χ3n) is 3.77. The average molecular weight is 329 g/mol. The summed E-state index contributed by atoms with van der Waals surface area (Å²) in [6.45, 7) is 0.878. The van der Waals surface area contributed by atoms with Crippen LogP contribution in [0.2, 0.25) is 0 Å². The number of hydrogen-bond acceptors (Lipinski definition) is 3. The normalized spacial score (nSPS) is 32.3. The van der Waals surface area contributed by atoms with Crippen molar-refractivity contribution < 1.29 is 78.8 Å². The van der Waals surface area contributed by atoms with Gasteiger partial charge in [-0.1, -0.05) is 32.1 Å². The predicted molar refractivity (Wildman–Crippen MR) is 51.5 cm³/mol. The smallest absolute Gasteiger partial charge is 0.548 e. The summed E-state index contributed by atoms with van der Waals surface area (Å²) in [6.07, 6.45) is 7.40. The maximum Gasteiger partial charge on any atom is 1.00 e. The van der Waals surface area contributed by atoms with Crippen molar-refractivity contribution in [2.75, 3.05) is 6.54 Å². The van der Waals surface area contributed by atoms with Crippen LogP contribution in [0.4, 0.5) is 0 Å². The number of aliphatic carboxylic acids is 1. The van der Waals surface area contributed by atoms with E-state index in [2.05, 4.69) is 5.32 Å². The zero-order chi connectivity index (χ0) is 9.97. The van der Waals surface area contributed by atoms with Gasteiger partial charge in [0.15, 0.2) is 0 Å². The van der Waals surface area contributed by atoms with Crippen LogP contribution in [0, 0.1) is 11.8 Å². The number of carbonyl (C=O) groups excluding carboxylic acids is 1. The summed E-state index contributed by atoms with van der Waals surface area (Å²) in [5.41, 5.74) is 0. The summed E-state index contributed by atoms with van der Waals surface area (Å²) < 4.78 is 0. The molecule has 3 nitrogen and oxygen atoms in total. The topological polar surface area (TPSA) is 52.2 Å². The molecule has 2 aliphatic rings. The molecule has 80 valence electrons. The van der Waals surface area contributed by atoms with E-state index in [1.165, 1.54) is 32.1 Å². The molecule has 0 amide bonds. The van der Waals surface area contributed by atoms with E-state index < -0.39 is 5.97 Å². The first-order valence-corrected chi connectivity index (χ1v) is 5.71. The summed E-state index contributed by atoms with van der Waals surface area (Å²) in [7, 11) is 0. The number of rotatable bonds is 2. The molecular formula is C11H18CsNO2. The Labute approximate surface area is 150 Å². The molecule has 0 unspecified atom stereocenters. The molecule has 15 heavy (non-hydrogen) atoms. The van der Waals surface area contributed by atoms with Crippen LogP contribution >= 0.6 is 0 Å². The van der Waals surface area contributed by atoms with Crippen molar-refractivity contribution in [1.82, 2.24) is 5.32 Å². The van der Waals surface area contributed by atoms with Gasteiger partial charge in [-0.2, -0.15) is 0 Å². The summed E-state index contributed by atoms with van der Waals surface area (Å²) in [6, 6.07) is -0.387. The van der Waals surface area contributed by atoms with Gasteiger partial charge in [0.05, 0.1) is 5.97 Å². The van der Waals surface area contributed by atoms with Gasteiger partial charge in [-0.25, -0.2) is 0 Å². The Bertz CT molecular complexity index is 217. The van der Waals surface area contributed by atoms with Crippen molar-refractivity contribution in [1.29, 1.82) is 0 Å². The Morgan fingerprint density at radius 2 is 1.80 bits per heavy atom. The molecule has 2 atom stereocenters. The van der Waals surface area contributed by atoms with Crippen LogP contribution in [0.1, 0.15) is 38.5 Å². The fourth-order valence-corrected chi connectivity index (χ4v) is 2.91. The van der Waals surface area contributed by atoms with Gasteiger partial charge in [-0.05, 0) is 24.8 Å². The Hall–Kier alpha value is 1.48. The largest absolute Gasteiger partial charge is 1.00 e. The van der Waals surface area contributed by atoms with E-state index in [0.717, 1.165) is 18.9 Å². The van der Waals surface area contributed by atoms with Gasteiger partial charge in [0, 0.05) is 6.04 Å². The van der Waals surface area contributed by atoms with Gasteiger partial charge >= 0.3 is 68.9 Å². The molecule has 0 spiro atoms. The number of carbonyl (C=O) groups is 1. The van der Waals surface area contributed by atoms with E-state index in [4.69, 9.17) is 0 Å². The van der Waals surface area contributed by atoms with E-state index in [1.807, 2.05) is 0 Å². The van der Waals surface area contributed by atoms with Gasteiger partial charge in [0.2, 0.25) is 0 Å². The minimum absolute atomic E-state index is 0. The van der Waals surface area contributed by atoms with Crippen LogP contribution in [-0.2, 0) is 4.79 Å². The first kappa shape index (κ1) is 14.5. The van der Waals surface area contributed by atoms with Crippen molar-refractivity contribution in [2.24, 2.45) is 11.8 Å². The van der Waals surface area contributed by atoms with Gasteiger partial charge in [0.1, 0.15) is 0 Å². The van der Waals surface area contributed by atoms with Crippen molar-refractivity contribution in [2.45, 2.75) is 44.6 Å². The molecule has 1 heterocycles. The molecular weight excluding hydrogens is 311 g/mol. The molecule has 2 rings (SSSR count). The number of carboxylic acid groups (broad SMARTS) is 1. The van der Waals surface area contributed by atoms with Crippen LogP contribution in [0.25, 0.3) is 0 Å². The maximum absolute atomic E-state index is 10.7. The van der Waals surface area contributed by atoms with Gasteiger partial charge < -0.3 is 15.2 Å². The maximum atomic E-state index is 10.7. The van der Waals surface area contributed by atoms with E-state index in [-0.39, 0.29) is 74.9 Å². The number of carboxylic acids is 1. The van der Waals surface area contributed by atoms with Crippen LogP contribution in [-0.4, -0.2) is 18.6 Å². The van der Waals surface area contributed by atoms with Crippen LogP contribution in [0.3, 0.4) is 0 Å². The molecule has 1 aliphatic carbocycles.